The molecule has 14 heavy (non-hydrogen) atoms. The first kappa shape index (κ1) is 11.1. The van der Waals surface area contributed by atoms with Gasteiger partial charge in [-0.1, -0.05) is 18.7 Å². The van der Waals surface area contributed by atoms with Crippen molar-refractivity contribution in [2.75, 3.05) is 6.61 Å². The average Bonchev–Trinajstić information content (AvgIpc) is 2.66. The molecule has 0 saturated heterocycles. The van der Waals surface area contributed by atoms with Crippen molar-refractivity contribution in [2.45, 2.75) is 30.7 Å². The molecule has 0 aliphatic heterocycles. The number of aromatic amines is 1. The number of esters is 1. The van der Waals surface area contributed by atoms with Crippen LogP contribution in [0.15, 0.2) is 17.6 Å². The standard InChI is InChI=1S/C9H14N2O2S/c1-3-6-13-8(12)7(2)14-9-10-4-5-11-9/h4-5,7H,3,6H2,1-2H3,(H,10,11). The zero-order valence-electron chi connectivity index (χ0n) is 8.32. The van der Waals surface area contributed by atoms with Crippen molar-refractivity contribution in [3.63, 3.8) is 0 Å². The summed E-state index contributed by atoms with van der Waals surface area (Å²) >= 11 is 1.37. The quantitative estimate of drug-likeness (QED) is 0.600. The van der Waals surface area contributed by atoms with Crippen LogP contribution in [0.2, 0.25) is 0 Å². The molecule has 4 nitrogen and oxygen atoms in total. The average molecular weight is 214 g/mol. The molecule has 0 spiro atoms. The first-order valence-electron chi connectivity index (χ1n) is 4.56. The summed E-state index contributed by atoms with van der Waals surface area (Å²) in [5.74, 6) is -0.187. The van der Waals surface area contributed by atoms with Crippen molar-refractivity contribution in [3.05, 3.63) is 12.4 Å². The molecule has 0 aromatic carbocycles. The Morgan fingerprint density at radius 1 is 1.79 bits per heavy atom. The maximum atomic E-state index is 11.3. The third kappa shape index (κ3) is 3.41. The van der Waals surface area contributed by atoms with Gasteiger partial charge in [-0.3, -0.25) is 4.79 Å². The van der Waals surface area contributed by atoms with Crippen molar-refractivity contribution in [1.82, 2.24) is 9.97 Å². The lowest BCUT2D eigenvalue weighted by atomic mass is 10.5. The smallest absolute Gasteiger partial charge is 0.319 e. The molecule has 1 N–H and O–H groups in total. The lowest BCUT2D eigenvalue weighted by Gasteiger charge is -2.08. The molecular formula is C9H14N2O2S. The molecule has 5 heteroatoms. The van der Waals surface area contributed by atoms with Crippen LogP contribution in [0.5, 0.6) is 0 Å². The molecule has 1 rings (SSSR count). The van der Waals surface area contributed by atoms with Gasteiger partial charge in [0, 0.05) is 12.4 Å². The summed E-state index contributed by atoms with van der Waals surface area (Å²) in [4.78, 5) is 18.3. The summed E-state index contributed by atoms with van der Waals surface area (Å²) in [5.41, 5.74) is 0. The second-order valence-corrected chi connectivity index (χ2v) is 4.15. The highest BCUT2D eigenvalue weighted by atomic mass is 32.2. The Hall–Kier alpha value is -0.970. The van der Waals surface area contributed by atoms with E-state index in [1.54, 1.807) is 12.4 Å². The van der Waals surface area contributed by atoms with Gasteiger partial charge in [0.2, 0.25) is 0 Å². The predicted octanol–water partition coefficient (Wildman–Crippen LogP) is 1.84. The largest absolute Gasteiger partial charge is 0.465 e. The van der Waals surface area contributed by atoms with Crippen LogP contribution in [-0.4, -0.2) is 27.8 Å². The zero-order valence-corrected chi connectivity index (χ0v) is 9.13. The zero-order chi connectivity index (χ0) is 10.4. The van der Waals surface area contributed by atoms with Gasteiger partial charge in [-0.25, -0.2) is 4.98 Å². The Bertz CT molecular complexity index is 274. The number of thioether (sulfide) groups is 1. The van der Waals surface area contributed by atoms with Gasteiger partial charge in [0.1, 0.15) is 5.25 Å². The first-order chi connectivity index (χ1) is 6.74. The molecule has 0 bridgehead atoms. The van der Waals surface area contributed by atoms with Crippen LogP contribution in [0.25, 0.3) is 0 Å². The number of nitrogens with zero attached hydrogens (tertiary/aromatic N) is 1. The first-order valence-corrected chi connectivity index (χ1v) is 5.44. The minimum absolute atomic E-state index is 0.187. The van der Waals surface area contributed by atoms with Gasteiger partial charge < -0.3 is 9.72 Å². The number of H-pyrrole nitrogens is 1. The molecule has 0 saturated carbocycles. The Kier molecular flexibility index (Phi) is 4.52. The van der Waals surface area contributed by atoms with E-state index in [0.29, 0.717) is 6.61 Å². The highest BCUT2D eigenvalue weighted by Crippen LogP contribution is 2.19. The molecule has 1 aromatic rings. The van der Waals surface area contributed by atoms with Crippen LogP contribution in [0.1, 0.15) is 20.3 Å². The SMILES string of the molecule is CCCOC(=O)C(C)Sc1ncc[nH]1. The Morgan fingerprint density at radius 3 is 3.14 bits per heavy atom. The molecule has 1 atom stereocenters. The van der Waals surface area contributed by atoms with E-state index in [-0.39, 0.29) is 11.2 Å². The Morgan fingerprint density at radius 2 is 2.57 bits per heavy atom. The summed E-state index contributed by atoms with van der Waals surface area (Å²) in [7, 11) is 0. The van der Waals surface area contributed by atoms with E-state index in [4.69, 9.17) is 4.74 Å². The predicted molar refractivity (Wildman–Crippen MR) is 55.2 cm³/mol. The van der Waals surface area contributed by atoms with Crippen LogP contribution in [0.3, 0.4) is 0 Å². The van der Waals surface area contributed by atoms with E-state index in [1.165, 1.54) is 11.8 Å². The van der Waals surface area contributed by atoms with Crippen molar-refractivity contribution in [2.24, 2.45) is 0 Å². The summed E-state index contributed by atoms with van der Waals surface area (Å²) in [6.07, 6.45) is 4.24. The van der Waals surface area contributed by atoms with Gasteiger partial charge in [-0.05, 0) is 13.3 Å². The highest BCUT2D eigenvalue weighted by Gasteiger charge is 2.16. The van der Waals surface area contributed by atoms with Crippen molar-refractivity contribution >= 4 is 17.7 Å². The van der Waals surface area contributed by atoms with Gasteiger partial charge in [0.15, 0.2) is 5.16 Å². The van der Waals surface area contributed by atoms with E-state index in [1.807, 2.05) is 13.8 Å². The van der Waals surface area contributed by atoms with E-state index < -0.39 is 0 Å². The van der Waals surface area contributed by atoms with E-state index >= 15 is 0 Å². The third-order valence-corrected chi connectivity index (χ3v) is 2.53. The van der Waals surface area contributed by atoms with E-state index in [0.717, 1.165) is 11.6 Å². The molecule has 1 aromatic heterocycles. The minimum atomic E-state index is -0.215. The number of carbonyl (C=O) groups is 1. The monoisotopic (exact) mass is 214 g/mol. The summed E-state index contributed by atoms with van der Waals surface area (Å²) in [5, 5.41) is 0.527. The molecule has 0 aliphatic rings. The van der Waals surface area contributed by atoms with Gasteiger partial charge in [0.05, 0.1) is 6.61 Å². The number of carbonyl (C=O) groups excluding carboxylic acids is 1. The Labute approximate surface area is 87.4 Å². The van der Waals surface area contributed by atoms with Crippen molar-refractivity contribution < 1.29 is 9.53 Å². The molecule has 0 fully saturated rings. The Balaban J connectivity index is 2.34. The molecular weight excluding hydrogens is 200 g/mol. The van der Waals surface area contributed by atoms with Gasteiger partial charge in [0.25, 0.3) is 0 Å². The highest BCUT2D eigenvalue weighted by molar-refractivity contribution is 8.00. The van der Waals surface area contributed by atoms with Crippen molar-refractivity contribution in [3.8, 4) is 0 Å². The van der Waals surface area contributed by atoms with Gasteiger partial charge >= 0.3 is 5.97 Å². The van der Waals surface area contributed by atoms with Crippen LogP contribution >= 0.6 is 11.8 Å². The number of nitrogens with one attached hydrogen (secondary N) is 1. The molecule has 1 heterocycles. The van der Waals surface area contributed by atoms with Gasteiger partial charge in [-0.15, -0.1) is 0 Å². The lowest BCUT2D eigenvalue weighted by Crippen LogP contribution is -2.17. The number of hydrogen-bond donors (Lipinski definition) is 1. The fraction of sp³-hybridized carbons (Fsp3) is 0.556. The summed E-state index contributed by atoms with van der Waals surface area (Å²) in [6, 6.07) is 0. The second kappa shape index (κ2) is 5.70. The number of aromatic nitrogens is 2. The van der Waals surface area contributed by atoms with Crippen LogP contribution in [-0.2, 0) is 9.53 Å². The molecule has 0 amide bonds. The van der Waals surface area contributed by atoms with Gasteiger partial charge in [-0.2, -0.15) is 0 Å². The third-order valence-electron chi connectivity index (χ3n) is 1.54. The number of imidazole rings is 1. The molecule has 1 unspecified atom stereocenters. The number of hydrogen-bond acceptors (Lipinski definition) is 4. The minimum Gasteiger partial charge on any atom is -0.465 e. The lowest BCUT2D eigenvalue weighted by molar-refractivity contribution is -0.142. The fourth-order valence-corrected chi connectivity index (χ4v) is 1.61. The van der Waals surface area contributed by atoms with Crippen LogP contribution < -0.4 is 0 Å². The van der Waals surface area contributed by atoms with Crippen LogP contribution in [0, 0.1) is 0 Å². The maximum absolute atomic E-state index is 11.3. The summed E-state index contributed by atoms with van der Waals surface area (Å²) in [6.45, 7) is 4.27. The molecule has 0 aliphatic carbocycles. The number of ether oxygens (including phenoxy) is 1. The molecule has 0 radical (unpaired) electrons. The topological polar surface area (TPSA) is 55.0 Å². The number of rotatable bonds is 5. The molecule has 78 valence electrons. The van der Waals surface area contributed by atoms with E-state index in [2.05, 4.69) is 9.97 Å². The second-order valence-electron chi connectivity index (χ2n) is 2.82. The summed E-state index contributed by atoms with van der Waals surface area (Å²) < 4.78 is 5.00. The van der Waals surface area contributed by atoms with E-state index in [9.17, 15) is 4.79 Å². The normalized spacial score (nSPS) is 12.4. The van der Waals surface area contributed by atoms with Crippen molar-refractivity contribution in [1.29, 1.82) is 0 Å². The van der Waals surface area contributed by atoms with Crippen LogP contribution in [0.4, 0.5) is 0 Å². The fourth-order valence-electron chi connectivity index (χ4n) is 0.851. The maximum Gasteiger partial charge on any atom is 0.319 e.